The summed E-state index contributed by atoms with van der Waals surface area (Å²) in [4.78, 5) is 4.08. The van der Waals surface area contributed by atoms with E-state index < -0.39 is 15.5 Å². The van der Waals surface area contributed by atoms with E-state index in [1.165, 1.54) is 17.9 Å². The highest BCUT2D eigenvalue weighted by molar-refractivity contribution is 7.86. The fourth-order valence-corrected chi connectivity index (χ4v) is 2.66. The maximum atomic E-state index is 11.5. The lowest BCUT2D eigenvalue weighted by atomic mass is 10.3. The largest absolute Gasteiger partial charge is 0.331 e. The monoisotopic (exact) mass is 286 g/mol. The topological polar surface area (TPSA) is 73.0 Å². The summed E-state index contributed by atoms with van der Waals surface area (Å²) in [6, 6.07) is 3.59. The molecule has 0 amide bonds. The number of rotatable bonds is 4. The van der Waals surface area contributed by atoms with Crippen LogP contribution in [0.5, 0.6) is 0 Å². The van der Waals surface area contributed by atoms with Gasteiger partial charge in [0.25, 0.3) is 5.37 Å². The predicted octanol–water partition coefficient (Wildman–Crippen LogP) is 0.987. The van der Waals surface area contributed by atoms with Gasteiger partial charge in [0.2, 0.25) is 0 Å². The normalized spacial score (nSPS) is 13.4. The Morgan fingerprint density at radius 3 is 2.56 bits per heavy atom. The number of hydrogen-bond donors (Lipinski definition) is 0. The van der Waals surface area contributed by atoms with Crippen LogP contribution in [0.25, 0.3) is 10.6 Å². The molecule has 1 unspecified atom stereocenters. The van der Waals surface area contributed by atoms with Gasteiger partial charge in [-0.25, -0.2) is 4.98 Å². The molecule has 0 saturated carbocycles. The van der Waals surface area contributed by atoms with Crippen molar-refractivity contribution in [3.8, 4) is 10.6 Å². The van der Waals surface area contributed by atoms with Crippen LogP contribution >= 0.6 is 11.5 Å². The van der Waals surface area contributed by atoms with Gasteiger partial charge in [0.1, 0.15) is 11.3 Å². The molecule has 0 aliphatic heterocycles. The van der Waals surface area contributed by atoms with E-state index in [0.717, 1.165) is 17.7 Å². The standard InChI is InChI=1S/C10H12N3O3S2/c1-8(18(14,15)16-2)13-5-3-9(4-6-13)10-11-7-12-17-10/h3-8H,1-2H3/q+1. The fourth-order valence-electron chi connectivity index (χ4n) is 1.41. The van der Waals surface area contributed by atoms with Crippen molar-refractivity contribution in [3.63, 3.8) is 0 Å². The Hall–Kier alpha value is -1.38. The van der Waals surface area contributed by atoms with E-state index >= 15 is 0 Å². The van der Waals surface area contributed by atoms with Gasteiger partial charge in [-0.15, -0.1) is 0 Å². The van der Waals surface area contributed by atoms with Crippen molar-refractivity contribution in [2.45, 2.75) is 12.3 Å². The average Bonchev–Trinajstić information content (AvgIpc) is 2.92. The van der Waals surface area contributed by atoms with Gasteiger partial charge in [-0.1, -0.05) is 0 Å². The number of nitrogens with zero attached hydrogens (tertiary/aromatic N) is 3. The smallest absolute Gasteiger partial charge is 0.268 e. The van der Waals surface area contributed by atoms with Crippen molar-refractivity contribution in [1.82, 2.24) is 9.36 Å². The third kappa shape index (κ3) is 2.55. The molecule has 6 nitrogen and oxygen atoms in total. The summed E-state index contributed by atoms with van der Waals surface area (Å²) >= 11 is 1.29. The summed E-state index contributed by atoms with van der Waals surface area (Å²) in [5.41, 5.74) is 0.899. The van der Waals surface area contributed by atoms with E-state index in [2.05, 4.69) is 13.5 Å². The van der Waals surface area contributed by atoms with Crippen LogP contribution in [0.3, 0.4) is 0 Å². The van der Waals surface area contributed by atoms with Crippen molar-refractivity contribution in [3.05, 3.63) is 30.9 Å². The third-order valence-corrected chi connectivity index (χ3v) is 4.79. The van der Waals surface area contributed by atoms with Gasteiger partial charge in [-0.3, -0.25) is 4.18 Å². The van der Waals surface area contributed by atoms with E-state index in [1.807, 2.05) is 0 Å². The van der Waals surface area contributed by atoms with Crippen LogP contribution in [0.2, 0.25) is 0 Å². The zero-order valence-electron chi connectivity index (χ0n) is 9.85. The van der Waals surface area contributed by atoms with Gasteiger partial charge in [-0.2, -0.15) is 17.4 Å². The lowest BCUT2D eigenvalue weighted by Crippen LogP contribution is -2.41. The second-order valence-electron chi connectivity index (χ2n) is 3.54. The van der Waals surface area contributed by atoms with Gasteiger partial charge in [0.05, 0.1) is 7.11 Å². The molecule has 2 aromatic heterocycles. The molecule has 0 aliphatic rings. The van der Waals surface area contributed by atoms with E-state index in [9.17, 15) is 8.42 Å². The summed E-state index contributed by atoms with van der Waals surface area (Å²) in [5.74, 6) is 0. The highest BCUT2D eigenvalue weighted by atomic mass is 32.2. The Kier molecular flexibility index (Phi) is 3.69. The minimum absolute atomic E-state index is 0.772. The van der Waals surface area contributed by atoms with Crippen LogP contribution in [-0.4, -0.2) is 24.9 Å². The summed E-state index contributed by atoms with van der Waals surface area (Å²) in [5, 5.41) is 0.0235. The zero-order chi connectivity index (χ0) is 13.2. The van der Waals surface area contributed by atoms with E-state index in [4.69, 9.17) is 0 Å². The SMILES string of the molecule is COS(=O)(=O)C(C)[n+]1ccc(-c2ncns2)cc1. The molecule has 0 spiro atoms. The van der Waals surface area contributed by atoms with Gasteiger partial charge in [0, 0.05) is 24.6 Å². The molecular weight excluding hydrogens is 274 g/mol. The van der Waals surface area contributed by atoms with Crippen LogP contribution in [0.4, 0.5) is 0 Å². The van der Waals surface area contributed by atoms with Gasteiger partial charge in [-0.05, 0) is 11.5 Å². The molecule has 2 rings (SSSR count). The number of pyridine rings is 1. The molecule has 18 heavy (non-hydrogen) atoms. The minimum atomic E-state index is -3.58. The molecule has 96 valence electrons. The number of hydrogen-bond acceptors (Lipinski definition) is 6. The van der Waals surface area contributed by atoms with Crippen molar-refractivity contribution in [2.24, 2.45) is 0 Å². The van der Waals surface area contributed by atoms with E-state index in [0.29, 0.717) is 0 Å². The van der Waals surface area contributed by atoms with Crippen LogP contribution in [0.15, 0.2) is 30.9 Å². The Morgan fingerprint density at radius 1 is 1.39 bits per heavy atom. The summed E-state index contributed by atoms with van der Waals surface area (Å²) < 4.78 is 33.1. The van der Waals surface area contributed by atoms with Gasteiger partial charge < -0.3 is 0 Å². The molecule has 0 fully saturated rings. The average molecular weight is 286 g/mol. The van der Waals surface area contributed by atoms with Crippen LogP contribution in [0, 0.1) is 0 Å². The molecule has 0 saturated heterocycles. The molecule has 0 radical (unpaired) electrons. The lowest BCUT2D eigenvalue weighted by molar-refractivity contribution is -0.699. The first-order valence-electron chi connectivity index (χ1n) is 5.12. The first-order valence-corrected chi connectivity index (χ1v) is 7.36. The Balaban J connectivity index is 2.28. The van der Waals surface area contributed by atoms with Crippen molar-refractivity contribution >= 4 is 21.7 Å². The molecule has 2 aromatic rings. The predicted molar refractivity (Wildman–Crippen MR) is 66.2 cm³/mol. The van der Waals surface area contributed by atoms with Crippen LogP contribution in [0.1, 0.15) is 12.3 Å². The quantitative estimate of drug-likeness (QED) is 0.619. The van der Waals surface area contributed by atoms with E-state index in [1.54, 1.807) is 36.0 Å². The molecule has 0 aliphatic carbocycles. The number of aromatic nitrogens is 3. The molecule has 8 heteroatoms. The summed E-state index contributed by atoms with van der Waals surface area (Å²) in [7, 11) is -2.43. The molecular formula is C10H12N3O3S2+. The molecule has 1 atom stereocenters. The summed E-state index contributed by atoms with van der Waals surface area (Å²) in [6.45, 7) is 1.56. The Bertz CT molecular complexity index is 608. The van der Waals surface area contributed by atoms with Crippen molar-refractivity contribution in [2.75, 3.05) is 7.11 Å². The maximum absolute atomic E-state index is 11.5. The first kappa shape index (κ1) is 13.1. The second-order valence-corrected chi connectivity index (χ2v) is 6.32. The molecule has 0 aromatic carbocycles. The molecule has 0 bridgehead atoms. The highest BCUT2D eigenvalue weighted by Crippen LogP contribution is 2.18. The minimum Gasteiger partial charge on any atom is -0.268 e. The Morgan fingerprint density at radius 2 is 2.06 bits per heavy atom. The van der Waals surface area contributed by atoms with E-state index in [-0.39, 0.29) is 0 Å². The molecule has 0 N–H and O–H groups in total. The highest BCUT2D eigenvalue weighted by Gasteiger charge is 2.28. The van der Waals surface area contributed by atoms with Crippen LogP contribution < -0.4 is 4.57 Å². The zero-order valence-corrected chi connectivity index (χ0v) is 11.5. The first-order chi connectivity index (χ1) is 8.54. The lowest BCUT2D eigenvalue weighted by Gasteiger charge is -2.06. The van der Waals surface area contributed by atoms with Gasteiger partial charge in [0.15, 0.2) is 12.4 Å². The van der Waals surface area contributed by atoms with Gasteiger partial charge >= 0.3 is 10.1 Å². The molecule has 2 heterocycles. The second kappa shape index (κ2) is 5.09. The summed E-state index contributed by atoms with van der Waals surface area (Å²) in [6.07, 6.45) is 4.84. The fraction of sp³-hybridized carbons (Fsp3) is 0.300. The third-order valence-electron chi connectivity index (χ3n) is 2.53. The van der Waals surface area contributed by atoms with Crippen LogP contribution in [-0.2, 0) is 14.3 Å². The maximum Gasteiger partial charge on any atom is 0.331 e. The van der Waals surface area contributed by atoms with Crippen molar-refractivity contribution in [1.29, 1.82) is 0 Å². The Labute approximate surface area is 109 Å². The van der Waals surface area contributed by atoms with Crippen molar-refractivity contribution < 1.29 is 17.2 Å².